The van der Waals surface area contributed by atoms with Gasteiger partial charge in [0, 0.05) is 38.4 Å². The molecule has 32 heavy (non-hydrogen) atoms. The molecule has 0 radical (unpaired) electrons. The van der Waals surface area contributed by atoms with Gasteiger partial charge in [-0.2, -0.15) is 0 Å². The molecule has 170 valence electrons. The molecule has 4 rings (SSSR count). The van der Waals surface area contributed by atoms with Crippen molar-refractivity contribution in [3.63, 3.8) is 0 Å². The van der Waals surface area contributed by atoms with Gasteiger partial charge in [0.2, 0.25) is 5.91 Å². The predicted molar refractivity (Wildman–Crippen MR) is 132 cm³/mol. The predicted octanol–water partition coefficient (Wildman–Crippen LogP) is 4.46. The van der Waals surface area contributed by atoms with Crippen LogP contribution >= 0.6 is 0 Å². The van der Waals surface area contributed by atoms with Gasteiger partial charge in [-0.15, -0.1) is 0 Å². The van der Waals surface area contributed by atoms with E-state index in [1.54, 1.807) is 0 Å². The number of hydrogen-bond donors (Lipinski definition) is 1. The fourth-order valence-electron chi connectivity index (χ4n) is 5.03. The Morgan fingerprint density at radius 1 is 1.00 bits per heavy atom. The van der Waals surface area contributed by atoms with E-state index in [0.717, 1.165) is 68.9 Å². The van der Waals surface area contributed by atoms with Crippen LogP contribution in [-0.4, -0.2) is 55.0 Å². The third-order valence-electron chi connectivity index (χ3n) is 7.42. The summed E-state index contributed by atoms with van der Waals surface area (Å²) in [4.78, 5) is 18.9. The number of carbonyl (C=O) groups is 1. The van der Waals surface area contributed by atoms with E-state index in [9.17, 15) is 4.79 Å². The SMILES string of the molecule is Cc1ccc(C2=CCC(C)C(C)(c3ccccc3)C(=O)N2CCCN2CCNCC2)cc1. The summed E-state index contributed by atoms with van der Waals surface area (Å²) in [5.41, 5.74) is 4.02. The van der Waals surface area contributed by atoms with Gasteiger partial charge in [-0.25, -0.2) is 0 Å². The summed E-state index contributed by atoms with van der Waals surface area (Å²) in [6.45, 7) is 12.5. The first-order valence-corrected chi connectivity index (χ1v) is 12.1. The number of carbonyl (C=O) groups excluding carboxylic acids is 1. The Kier molecular flexibility index (Phi) is 7.12. The molecule has 1 fully saturated rings. The minimum absolute atomic E-state index is 0.219. The van der Waals surface area contributed by atoms with E-state index in [1.807, 2.05) is 6.07 Å². The van der Waals surface area contributed by atoms with E-state index in [1.165, 1.54) is 5.56 Å². The fourth-order valence-corrected chi connectivity index (χ4v) is 5.03. The average molecular weight is 432 g/mol. The van der Waals surface area contributed by atoms with E-state index >= 15 is 0 Å². The van der Waals surface area contributed by atoms with Crippen molar-refractivity contribution in [1.82, 2.24) is 15.1 Å². The lowest BCUT2D eigenvalue weighted by Gasteiger charge is -2.38. The van der Waals surface area contributed by atoms with Crippen molar-refractivity contribution < 1.29 is 4.79 Å². The molecule has 2 aliphatic rings. The third kappa shape index (κ3) is 4.67. The quantitative estimate of drug-likeness (QED) is 0.734. The van der Waals surface area contributed by atoms with Crippen molar-refractivity contribution >= 4 is 11.6 Å². The molecule has 2 atom stereocenters. The van der Waals surface area contributed by atoms with E-state index in [0.29, 0.717) is 0 Å². The zero-order valence-corrected chi connectivity index (χ0v) is 19.8. The first-order chi connectivity index (χ1) is 15.5. The Bertz CT molecular complexity index is 931. The number of nitrogens with zero attached hydrogens (tertiary/aromatic N) is 2. The molecule has 4 heteroatoms. The van der Waals surface area contributed by atoms with Crippen LogP contribution < -0.4 is 5.32 Å². The van der Waals surface area contributed by atoms with Gasteiger partial charge in [0.15, 0.2) is 0 Å². The zero-order valence-electron chi connectivity index (χ0n) is 19.8. The van der Waals surface area contributed by atoms with Crippen LogP contribution in [0.15, 0.2) is 60.7 Å². The summed E-state index contributed by atoms with van der Waals surface area (Å²) in [6, 6.07) is 19.0. The van der Waals surface area contributed by atoms with Crippen LogP contribution in [0.3, 0.4) is 0 Å². The van der Waals surface area contributed by atoms with E-state index in [-0.39, 0.29) is 11.8 Å². The summed E-state index contributed by atoms with van der Waals surface area (Å²) in [5, 5.41) is 3.42. The first-order valence-electron chi connectivity index (χ1n) is 12.1. The summed E-state index contributed by atoms with van der Waals surface area (Å²) >= 11 is 0. The molecule has 0 aliphatic carbocycles. The van der Waals surface area contributed by atoms with Crippen molar-refractivity contribution in [2.45, 2.75) is 39.0 Å². The second-order valence-electron chi connectivity index (χ2n) is 9.56. The van der Waals surface area contributed by atoms with Crippen molar-refractivity contribution in [3.05, 3.63) is 77.4 Å². The molecular weight excluding hydrogens is 394 g/mol. The average Bonchev–Trinajstić information content (AvgIpc) is 2.92. The van der Waals surface area contributed by atoms with Crippen LogP contribution in [0.25, 0.3) is 5.70 Å². The van der Waals surface area contributed by atoms with Gasteiger partial charge in [0.1, 0.15) is 0 Å². The maximum atomic E-state index is 14.3. The van der Waals surface area contributed by atoms with Crippen LogP contribution in [0.2, 0.25) is 0 Å². The number of rotatable bonds is 6. The third-order valence-corrected chi connectivity index (χ3v) is 7.42. The lowest BCUT2D eigenvalue weighted by atomic mass is 9.70. The summed E-state index contributed by atoms with van der Waals surface area (Å²) in [5.74, 6) is 0.442. The Balaban J connectivity index is 1.64. The molecule has 2 unspecified atom stereocenters. The van der Waals surface area contributed by atoms with Gasteiger partial charge >= 0.3 is 0 Å². The normalized spacial score (nSPS) is 24.8. The zero-order chi connectivity index (χ0) is 22.6. The lowest BCUT2D eigenvalue weighted by Crippen LogP contribution is -2.48. The Morgan fingerprint density at radius 3 is 2.38 bits per heavy atom. The summed E-state index contributed by atoms with van der Waals surface area (Å²) in [6.07, 6.45) is 4.16. The van der Waals surface area contributed by atoms with Gasteiger partial charge in [0.05, 0.1) is 5.41 Å². The number of aryl methyl sites for hydroxylation is 1. The molecule has 0 bridgehead atoms. The van der Waals surface area contributed by atoms with Gasteiger partial charge in [0.25, 0.3) is 0 Å². The van der Waals surface area contributed by atoms with Crippen LogP contribution in [0.1, 0.15) is 43.4 Å². The highest BCUT2D eigenvalue weighted by Gasteiger charge is 2.45. The Hall–Kier alpha value is -2.43. The number of amides is 1. The maximum absolute atomic E-state index is 14.3. The molecule has 2 aliphatic heterocycles. The molecule has 0 aromatic heterocycles. The van der Waals surface area contributed by atoms with Crippen molar-refractivity contribution in [1.29, 1.82) is 0 Å². The molecule has 1 amide bonds. The highest BCUT2D eigenvalue weighted by atomic mass is 16.2. The molecule has 0 saturated carbocycles. The minimum Gasteiger partial charge on any atom is -0.314 e. The van der Waals surface area contributed by atoms with Gasteiger partial charge in [-0.05, 0) is 50.3 Å². The molecule has 1 saturated heterocycles. The molecular formula is C28H37N3O. The van der Waals surface area contributed by atoms with E-state index < -0.39 is 5.41 Å². The Morgan fingerprint density at radius 2 is 1.69 bits per heavy atom. The van der Waals surface area contributed by atoms with Gasteiger partial charge in [-0.1, -0.05) is 73.2 Å². The first kappa shape index (κ1) is 22.8. The van der Waals surface area contributed by atoms with Crippen LogP contribution in [0.4, 0.5) is 0 Å². The smallest absolute Gasteiger partial charge is 0.237 e. The fraction of sp³-hybridized carbons (Fsp3) is 0.464. The molecule has 1 N–H and O–H groups in total. The monoisotopic (exact) mass is 431 g/mol. The van der Waals surface area contributed by atoms with Crippen LogP contribution in [0.5, 0.6) is 0 Å². The molecule has 2 aromatic carbocycles. The van der Waals surface area contributed by atoms with Crippen LogP contribution in [0, 0.1) is 12.8 Å². The topological polar surface area (TPSA) is 35.6 Å². The van der Waals surface area contributed by atoms with E-state index in [2.05, 4.69) is 90.5 Å². The van der Waals surface area contributed by atoms with E-state index in [4.69, 9.17) is 0 Å². The number of hydrogen-bond acceptors (Lipinski definition) is 3. The van der Waals surface area contributed by atoms with Crippen LogP contribution in [-0.2, 0) is 10.2 Å². The minimum atomic E-state index is -0.542. The molecule has 4 nitrogen and oxygen atoms in total. The standard InChI is InChI=1S/C28H37N3O/c1-22-10-13-24(14-11-22)26-15-12-23(2)28(3,25-8-5-4-6-9-25)27(32)31(26)19-7-18-30-20-16-29-17-21-30/h4-6,8-11,13-15,23,29H,7,12,16-21H2,1-3H3. The second-order valence-corrected chi connectivity index (χ2v) is 9.56. The molecule has 2 heterocycles. The number of benzene rings is 2. The Labute approximate surface area is 193 Å². The molecule has 0 spiro atoms. The largest absolute Gasteiger partial charge is 0.314 e. The maximum Gasteiger partial charge on any atom is 0.237 e. The highest BCUT2D eigenvalue weighted by molar-refractivity contribution is 5.95. The number of nitrogens with one attached hydrogen (secondary N) is 1. The summed E-state index contributed by atoms with van der Waals surface area (Å²) in [7, 11) is 0. The summed E-state index contributed by atoms with van der Waals surface area (Å²) < 4.78 is 0. The van der Waals surface area contributed by atoms with Gasteiger partial charge < -0.3 is 15.1 Å². The number of piperazine rings is 1. The lowest BCUT2D eigenvalue weighted by molar-refractivity contribution is -0.135. The van der Waals surface area contributed by atoms with Crippen molar-refractivity contribution in [2.75, 3.05) is 39.3 Å². The number of allylic oxidation sites excluding steroid dienone is 1. The van der Waals surface area contributed by atoms with Crippen molar-refractivity contribution in [2.24, 2.45) is 5.92 Å². The highest BCUT2D eigenvalue weighted by Crippen LogP contribution is 2.41. The van der Waals surface area contributed by atoms with Crippen molar-refractivity contribution in [3.8, 4) is 0 Å². The second kappa shape index (κ2) is 10.0. The molecule has 2 aromatic rings. The van der Waals surface area contributed by atoms with Gasteiger partial charge in [-0.3, -0.25) is 4.79 Å².